The second kappa shape index (κ2) is 5.27. The Hall–Kier alpha value is -1.75. The van der Waals surface area contributed by atoms with Crippen molar-refractivity contribution in [1.29, 1.82) is 0 Å². The maximum Gasteiger partial charge on any atom is 0.270 e. The topological polar surface area (TPSA) is 71.5 Å². The summed E-state index contributed by atoms with van der Waals surface area (Å²) in [5.74, 6) is -0.104. The lowest BCUT2D eigenvalue weighted by Crippen LogP contribution is -2.34. The Bertz CT molecular complexity index is 449. The van der Waals surface area contributed by atoms with Gasteiger partial charge in [-0.15, -0.1) is 6.58 Å². The number of nitrogens with zero attached hydrogens (tertiary/aromatic N) is 2. The van der Waals surface area contributed by atoms with Crippen LogP contribution in [0.3, 0.4) is 0 Å². The average Bonchev–Trinajstić information content (AvgIpc) is 3.11. The molecule has 0 aromatic carbocycles. The van der Waals surface area contributed by atoms with E-state index in [9.17, 15) is 4.79 Å². The minimum atomic E-state index is -0.104. The Balaban J connectivity index is 2.22. The molecule has 1 aliphatic carbocycles. The zero-order valence-corrected chi connectivity index (χ0v) is 10.4. The van der Waals surface area contributed by atoms with Crippen LogP contribution in [0, 0.1) is 0 Å². The van der Waals surface area contributed by atoms with E-state index in [1.165, 1.54) is 0 Å². The van der Waals surface area contributed by atoms with Crippen LogP contribution in [-0.2, 0) is 0 Å². The zero-order valence-electron chi connectivity index (χ0n) is 10.4. The van der Waals surface area contributed by atoms with E-state index >= 15 is 0 Å². The SMILES string of the molecule is C=CCN(CCO)C(=O)c1cc(N)cn1C1CC1. The summed E-state index contributed by atoms with van der Waals surface area (Å²) < 4.78 is 1.95. The monoisotopic (exact) mass is 249 g/mol. The lowest BCUT2D eigenvalue weighted by molar-refractivity contribution is 0.0732. The van der Waals surface area contributed by atoms with E-state index in [-0.39, 0.29) is 12.5 Å². The first-order valence-corrected chi connectivity index (χ1v) is 6.15. The van der Waals surface area contributed by atoms with Gasteiger partial charge in [0.15, 0.2) is 0 Å². The third kappa shape index (κ3) is 2.56. The molecule has 1 aliphatic rings. The van der Waals surface area contributed by atoms with Crippen LogP contribution in [0.5, 0.6) is 0 Å². The first-order valence-electron chi connectivity index (χ1n) is 6.15. The first kappa shape index (κ1) is 12.7. The molecule has 1 fully saturated rings. The molecular formula is C13H19N3O2. The van der Waals surface area contributed by atoms with Crippen LogP contribution in [-0.4, -0.2) is 40.2 Å². The number of nitrogen functional groups attached to an aromatic ring is 1. The Kier molecular flexibility index (Phi) is 3.72. The third-order valence-electron chi connectivity index (χ3n) is 3.04. The predicted octanol–water partition coefficient (Wildman–Crippen LogP) is 1.03. The van der Waals surface area contributed by atoms with E-state index in [0.717, 1.165) is 12.8 Å². The molecular weight excluding hydrogens is 230 g/mol. The zero-order chi connectivity index (χ0) is 13.1. The Morgan fingerprint density at radius 1 is 1.67 bits per heavy atom. The summed E-state index contributed by atoms with van der Waals surface area (Å²) in [5, 5.41) is 9.00. The highest BCUT2D eigenvalue weighted by Gasteiger charge is 2.29. The van der Waals surface area contributed by atoms with Crippen molar-refractivity contribution >= 4 is 11.6 Å². The van der Waals surface area contributed by atoms with Crippen LogP contribution in [0.15, 0.2) is 24.9 Å². The number of anilines is 1. The van der Waals surface area contributed by atoms with E-state index in [0.29, 0.717) is 30.5 Å². The van der Waals surface area contributed by atoms with Gasteiger partial charge in [-0.25, -0.2) is 0 Å². The van der Waals surface area contributed by atoms with Crippen LogP contribution in [0.2, 0.25) is 0 Å². The number of aromatic nitrogens is 1. The number of carbonyl (C=O) groups is 1. The van der Waals surface area contributed by atoms with Gasteiger partial charge in [-0.05, 0) is 18.9 Å². The standard InChI is InChI=1S/C13H19N3O2/c1-2-5-15(6-7-17)13(18)12-8-10(14)9-16(12)11-3-4-11/h2,8-9,11,17H,1,3-7,14H2. The summed E-state index contributed by atoms with van der Waals surface area (Å²) in [4.78, 5) is 14.0. The maximum atomic E-state index is 12.4. The third-order valence-corrected chi connectivity index (χ3v) is 3.04. The molecule has 0 atom stereocenters. The van der Waals surface area contributed by atoms with Gasteiger partial charge in [-0.3, -0.25) is 4.79 Å². The van der Waals surface area contributed by atoms with E-state index in [4.69, 9.17) is 10.8 Å². The summed E-state index contributed by atoms with van der Waals surface area (Å²) in [6, 6.07) is 2.11. The molecule has 0 aliphatic heterocycles. The minimum Gasteiger partial charge on any atom is -0.397 e. The molecule has 1 aromatic heterocycles. The lowest BCUT2D eigenvalue weighted by atomic mass is 10.3. The van der Waals surface area contributed by atoms with Crippen molar-refractivity contribution < 1.29 is 9.90 Å². The molecule has 98 valence electrons. The Labute approximate surface area is 106 Å². The Morgan fingerprint density at radius 2 is 2.39 bits per heavy atom. The second-order valence-corrected chi connectivity index (χ2v) is 4.56. The number of aliphatic hydroxyl groups is 1. The first-order chi connectivity index (χ1) is 8.67. The van der Waals surface area contributed by atoms with Crippen molar-refractivity contribution in [1.82, 2.24) is 9.47 Å². The molecule has 2 rings (SSSR count). The number of carbonyl (C=O) groups excluding carboxylic acids is 1. The number of rotatable bonds is 6. The smallest absolute Gasteiger partial charge is 0.270 e. The maximum absolute atomic E-state index is 12.4. The summed E-state index contributed by atoms with van der Waals surface area (Å²) in [6.07, 6.45) is 5.66. The van der Waals surface area contributed by atoms with Gasteiger partial charge >= 0.3 is 0 Å². The van der Waals surface area contributed by atoms with Gasteiger partial charge in [0.1, 0.15) is 5.69 Å². The summed E-state index contributed by atoms with van der Waals surface area (Å²) >= 11 is 0. The van der Waals surface area contributed by atoms with E-state index in [2.05, 4.69) is 6.58 Å². The van der Waals surface area contributed by atoms with Gasteiger partial charge in [0.2, 0.25) is 0 Å². The summed E-state index contributed by atoms with van der Waals surface area (Å²) in [6.45, 7) is 4.30. The predicted molar refractivity (Wildman–Crippen MR) is 70.3 cm³/mol. The fourth-order valence-electron chi connectivity index (χ4n) is 2.04. The van der Waals surface area contributed by atoms with Crippen LogP contribution in [0.4, 0.5) is 5.69 Å². The van der Waals surface area contributed by atoms with Crippen molar-refractivity contribution in [3.05, 3.63) is 30.6 Å². The van der Waals surface area contributed by atoms with E-state index < -0.39 is 0 Å². The molecule has 1 saturated carbocycles. The fourth-order valence-corrected chi connectivity index (χ4v) is 2.04. The van der Waals surface area contributed by atoms with Crippen molar-refractivity contribution in [3.63, 3.8) is 0 Å². The molecule has 0 saturated heterocycles. The highest BCUT2D eigenvalue weighted by molar-refractivity contribution is 5.94. The molecule has 1 aromatic rings. The van der Waals surface area contributed by atoms with Crippen LogP contribution >= 0.6 is 0 Å². The number of nitrogens with two attached hydrogens (primary N) is 1. The molecule has 0 unspecified atom stereocenters. The van der Waals surface area contributed by atoms with Crippen molar-refractivity contribution in [2.45, 2.75) is 18.9 Å². The molecule has 3 N–H and O–H groups in total. The minimum absolute atomic E-state index is 0.0563. The quantitative estimate of drug-likeness (QED) is 0.740. The highest BCUT2D eigenvalue weighted by atomic mass is 16.3. The normalized spacial score (nSPS) is 14.5. The number of amides is 1. The molecule has 1 amide bonds. The van der Waals surface area contributed by atoms with Gasteiger partial charge in [-0.1, -0.05) is 6.08 Å². The van der Waals surface area contributed by atoms with E-state index in [1.807, 2.05) is 10.8 Å². The summed E-state index contributed by atoms with van der Waals surface area (Å²) in [5.41, 5.74) is 6.98. The van der Waals surface area contributed by atoms with Crippen molar-refractivity contribution in [3.8, 4) is 0 Å². The van der Waals surface area contributed by atoms with Crippen LogP contribution < -0.4 is 5.73 Å². The number of hydrogen-bond donors (Lipinski definition) is 2. The van der Waals surface area contributed by atoms with Gasteiger partial charge in [0.05, 0.1) is 12.3 Å². The van der Waals surface area contributed by atoms with Crippen molar-refractivity contribution in [2.75, 3.05) is 25.4 Å². The molecule has 18 heavy (non-hydrogen) atoms. The van der Waals surface area contributed by atoms with Gasteiger partial charge < -0.3 is 20.3 Å². The van der Waals surface area contributed by atoms with Crippen LogP contribution in [0.25, 0.3) is 0 Å². The van der Waals surface area contributed by atoms with Crippen molar-refractivity contribution in [2.24, 2.45) is 0 Å². The molecule has 1 heterocycles. The molecule has 5 heteroatoms. The number of hydrogen-bond acceptors (Lipinski definition) is 3. The molecule has 0 bridgehead atoms. The van der Waals surface area contributed by atoms with E-state index in [1.54, 1.807) is 17.0 Å². The lowest BCUT2D eigenvalue weighted by Gasteiger charge is -2.20. The molecule has 0 spiro atoms. The molecule has 5 nitrogen and oxygen atoms in total. The second-order valence-electron chi connectivity index (χ2n) is 4.56. The van der Waals surface area contributed by atoms with Gasteiger partial charge in [0.25, 0.3) is 5.91 Å². The fraction of sp³-hybridized carbons (Fsp3) is 0.462. The summed E-state index contributed by atoms with van der Waals surface area (Å²) in [7, 11) is 0. The van der Waals surface area contributed by atoms with Gasteiger partial charge in [0, 0.05) is 25.3 Å². The highest BCUT2D eigenvalue weighted by Crippen LogP contribution is 2.37. The van der Waals surface area contributed by atoms with Gasteiger partial charge in [-0.2, -0.15) is 0 Å². The molecule has 0 radical (unpaired) electrons. The average molecular weight is 249 g/mol. The number of aliphatic hydroxyl groups excluding tert-OH is 1. The van der Waals surface area contributed by atoms with Crippen LogP contribution in [0.1, 0.15) is 29.4 Å². The largest absolute Gasteiger partial charge is 0.397 e. The Morgan fingerprint density at radius 3 is 2.94 bits per heavy atom.